The highest BCUT2D eigenvalue weighted by Crippen LogP contribution is 2.07. The molecule has 0 saturated carbocycles. The Kier molecular flexibility index (Phi) is 5.83. The lowest BCUT2D eigenvalue weighted by Crippen LogP contribution is -2.15. The Morgan fingerprint density at radius 1 is 1.57 bits per heavy atom. The minimum atomic E-state index is 0.310. The lowest BCUT2D eigenvalue weighted by molar-refractivity contribution is 0.228. The summed E-state index contributed by atoms with van der Waals surface area (Å²) in [4.78, 5) is 1.39. The van der Waals surface area contributed by atoms with Gasteiger partial charge in [-0.1, -0.05) is 13.0 Å². The zero-order chi connectivity index (χ0) is 10.2. The van der Waals surface area contributed by atoms with Crippen LogP contribution in [0.5, 0.6) is 0 Å². The van der Waals surface area contributed by atoms with Gasteiger partial charge in [0.05, 0.1) is 0 Å². The monoisotopic (exact) mass is 213 g/mol. The summed E-state index contributed by atoms with van der Waals surface area (Å²) >= 11 is 1.79. The van der Waals surface area contributed by atoms with Crippen molar-refractivity contribution in [3.8, 4) is 0 Å². The molecule has 0 amide bonds. The maximum atomic E-state index is 8.82. The van der Waals surface area contributed by atoms with Gasteiger partial charge in [0, 0.05) is 18.0 Å². The van der Waals surface area contributed by atoms with E-state index in [1.54, 1.807) is 11.3 Å². The number of nitrogens with one attached hydrogen (secondary N) is 1. The van der Waals surface area contributed by atoms with E-state index in [1.165, 1.54) is 4.88 Å². The Morgan fingerprint density at radius 3 is 3.07 bits per heavy atom. The summed E-state index contributed by atoms with van der Waals surface area (Å²) in [6.45, 7) is 4.41. The summed E-state index contributed by atoms with van der Waals surface area (Å²) in [5.41, 5.74) is 0. The van der Waals surface area contributed by atoms with Crippen molar-refractivity contribution in [2.75, 3.05) is 13.2 Å². The highest BCUT2D eigenvalue weighted by molar-refractivity contribution is 7.09. The first-order valence-corrected chi connectivity index (χ1v) is 6.05. The molecule has 80 valence electrons. The van der Waals surface area contributed by atoms with E-state index in [4.69, 9.17) is 5.11 Å². The molecule has 2 N–H and O–H groups in total. The second-order valence-corrected chi connectivity index (χ2v) is 4.72. The van der Waals surface area contributed by atoms with Gasteiger partial charge in [-0.2, -0.15) is 0 Å². The Hall–Kier alpha value is -0.380. The number of hydrogen-bond acceptors (Lipinski definition) is 3. The number of aliphatic hydroxyl groups excluding tert-OH is 1. The van der Waals surface area contributed by atoms with Gasteiger partial charge in [-0.25, -0.2) is 0 Å². The summed E-state index contributed by atoms with van der Waals surface area (Å²) in [7, 11) is 0. The van der Waals surface area contributed by atoms with Crippen LogP contribution in [0.4, 0.5) is 0 Å². The molecule has 0 bridgehead atoms. The zero-order valence-electron chi connectivity index (χ0n) is 8.70. The summed E-state index contributed by atoms with van der Waals surface area (Å²) < 4.78 is 0. The molecule has 0 aliphatic heterocycles. The molecule has 0 fully saturated rings. The van der Waals surface area contributed by atoms with Gasteiger partial charge in [0.25, 0.3) is 0 Å². The van der Waals surface area contributed by atoms with Crippen molar-refractivity contribution in [3.63, 3.8) is 0 Å². The van der Waals surface area contributed by atoms with Gasteiger partial charge in [0.2, 0.25) is 0 Å². The minimum absolute atomic E-state index is 0.310. The van der Waals surface area contributed by atoms with Crippen molar-refractivity contribution in [2.24, 2.45) is 5.92 Å². The molecule has 0 aliphatic rings. The molecule has 1 unspecified atom stereocenters. The second kappa shape index (κ2) is 6.98. The van der Waals surface area contributed by atoms with Crippen molar-refractivity contribution in [2.45, 2.75) is 26.3 Å². The van der Waals surface area contributed by atoms with E-state index in [0.29, 0.717) is 12.5 Å². The van der Waals surface area contributed by atoms with Crippen LogP contribution in [-0.4, -0.2) is 18.3 Å². The van der Waals surface area contributed by atoms with E-state index in [0.717, 1.165) is 25.9 Å². The standard InChI is InChI=1S/C11H19NOS/c1-10(9-13)4-2-6-12-8-11-5-3-7-14-11/h3,5,7,10,12-13H,2,4,6,8-9H2,1H3. The maximum Gasteiger partial charge on any atom is 0.0456 e. The first-order valence-electron chi connectivity index (χ1n) is 5.17. The first kappa shape index (κ1) is 11.7. The van der Waals surface area contributed by atoms with E-state index in [2.05, 4.69) is 29.8 Å². The zero-order valence-corrected chi connectivity index (χ0v) is 9.52. The molecule has 1 heterocycles. The lowest BCUT2D eigenvalue weighted by Gasteiger charge is -2.07. The molecular formula is C11H19NOS. The van der Waals surface area contributed by atoms with Crippen molar-refractivity contribution in [1.29, 1.82) is 0 Å². The molecule has 0 aliphatic carbocycles. The van der Waals surface area contributed by atoms with Gasteiger partial charge in [-0.05, 0) is 36.8 Å². The van der Waals surface area contributed by atoms with Crippen molar-refractivity contribution < 1.29 is 5.11 Å². The summed E-state index contributed by atoms with van der Waals surface area (Å²) in [5.74, 6) is 0.443. The predicted molar refractivity (Wildman–Crippen MR) is 61.5 cm³/mol. The molecule has 1 atom stereocenters. The lowest BCUT2D eigenvalue weighted by atomic mass is 10.1. The fourth-order valence-electron chi connectivity index (χ4n) is 1.29. The SMILES string of the molecule is CC(CO)CCCNCc1cccs1. The Bertz CT molecular complexity index is 223. The van der Waals surface area contributed by atoms with E-state index in [1.807, 2.05) is 0 Å². The summed E-state index contributed by atoms with van der Waals surface area (Å²) in [6, 6.07) is 4.23. The van der Waals surface area contributed by atoms with Crippen LogP contribution in [0.1, 0.15) is 24.6 Å². The van der Waals surface area contributed by atoms with Crippen molar-refractivity contribution in [1.82, 2.24) is 5.32 Å². The Morgan fingerprint density at radius 2 is 2.43 bits per heavy atom. The number of thiophene rings is 1. The van der Waals surface area contributed by atoms with Gasteiger partial charge < -0.3 is 10.4 Å². The third kappa shape index (κ3) is 4.74. The van der Waals surface area contributed by atoms with Gasteiger partial charge in [0.1, 0.15) is 0 Å². The Balaban J connectivity index is 1.95. The average molecular weight is 213 g/mol. The number of rotatable bonds is 7. The highest BCUT2D eigenvalue weighted by atomic mass is 32.1. The van der Waals surface area contributed by atoms with Gasteiger partial charge in [-0.15, -0.1) is 11.3 Å². The molecule has 0 aromatic carbocycles. The molecule has 1 aromatic heterocycles. The first-order chi connectivity index (χ1) is 6.83. The predicted octanol–water partition coefficient (Wildman–Crippen LogP) is 2.25. The van der Waals surface area contributed by atoms with Crippen LogP contribution >= 0.6 is 11.3 Å². The van der Waals surface area contributed by atoms with Crippen LogP contribution in [0, 0.1) is 5.92 Å². The van der Waals surface area contributed by atoms with Gasteiger partial charge in [0.15, 0.2) is 0 Å². The van der Waals surface area contributed by atoms with Crippen LogP contribution < -0.4 is 5.32 Å². The van der Waals surface area contributed by atoms with E-state index < -0.39 is 0 Å². The largest absolute Gasteiger partial charge is 0.396 e. The molecule has 2 nitrogen and oxygen atoms in total. The normalized spacial score (nSPS) is 13.0. The van der Waals surface area contributed by atoms with Gasteiger partial charge in [-0.3, -0.25) is 0 Å². The molecule has 1 aromatic rings. The minimum Gasteiger partial charge on any atom is -0.396 e. The molecular weight excluding hydrogens is 194 g/mol. The van der Waals surface area contributed by atoms with Crippen molar-refractivity contribution in [3.05, 3.63) is 22.4 Å². The molecule has 14 heavy (non-hydrogen) atoms. The Labute approximate surface area is 90.0 Å². The van der Waals surface area contributed by atoms with Gasteiger partial charge >= 0.3 is 0 Å². The summed E-state index contributed by atoms with van der Waals surface area (Å²) in [6.07, 6.45) is 2.25. The molecule has 0 spiro atoms. The number of hydrogen-bond donors (Lipinski definition) is 2. The van der Waals surface area contributed by atoms with Crippen LogP contribution in [0.3, 0.4) is 0 Å². The molecule has 3 heteroatoms. The quantitative estimate of drug-likeness (QED) is 0.681. The van der Waals surface area contributed by atoms with E-state index in [-0.39, 0.29) is 0 Å². The third-order valence-electron chi connectivity index (χ3n) is 2.24. The number of aliphatic hydroxyl groups is 1. The van der Waals surface area contributed by atoms with Crippen LogP contribution in [-0.2, 0) is 6.54 Å². The van der Waals surface area contributed by atoms with Crippen LogP contribution in [0.2, 0.25) is 0 Å². The van der Waals surface area contributed by atoms with Crippen LogP contribution in [0.25, 0.3) is 0 Å². The van der Waals surface area contributed by atoms with E-state index >= 15 is 0 Å². The maximum absolute atomic E-state index is 8.82. The van der Waals surface area contributed by atoms with Crippen molar-refractivity contribution >= 4 is 11.3 Å². The smallest absolute Gasteiger partial charge is 0.0456 e. The average Bonchev–Trinajstić information content (AvgIpc) is 2.69. The van der Waals surface area contributed by atoms with Crippen LogP contribution in [0.15, 0.2) is 17.5 Å². The topological polar surface area (TPSA) is 32.3 Å². The highest BCUT2D eigenvalue weighted by Gasteiger charge is 1.98. The molecule has 0 radical (unpaired) electrons. The third-order valence-corrected chi connectivity index (χ3v) is 3.12. The second-order valence-electron chi connectivity index (χ2n) is 3.69. The summed E-state index contributed by atoms with van der Waals surface area (Å²) in [5, 5.41) is 14.3. The van der Waals surface area contributed by atoms with E-state index in [9.17, 15) is 0 Å². The molecule has 1 rings (SSSR count). The fourth-order valence-corrected chi connectivity index (χ4v) is 1.97. The molecule has 0 saturated heterocycles. The fraction of sp³-hybridized carbons (Fsp3) is 0.636.